The number of rotatable bonds is 2. The Hall–Kier alpha value is -1.09. The maximum atomic E-state index is 13.2. The monoisotopic (exact) mass is 234 g/mol. The number of hydrogen-bond donors (Lipinski definition) is 1. The van der Waals surface area contributed by atoms with Gasteiger partial charge in [0.1, 0.15) is 5.82 Å². The predicted molar refractivity (Wildman–Crippen MR) is 67.7 cm³/mol. The summed E-state index contributed by atoms with van der Waals surface area (Å²) in [4.78, 5) is 2.53. The van der Waals surface area contributed by atoms with Crippen molar-refractivity contribution in [2.75, 3.05) is 25.0 Å². The van der Waals surface area contributed by atoms with Gasteiger partial charge < -0.3 is 10.2 Å². The molecule has 0 spiro atoms. The zero-order chi connectivity index (χ0) is 11.8. The molecule has 0 saturated carbocycles. The van der Waals surface area contributed by atoms with Crippen LogP contribution in [0.1, 0.15) is 18.4 Å². The van der Waals surface area contributed by atoms with Crippen LogP contribution in [0.3, 0.4) is 0 Å². The second kappa shape index (κ2) is 4.30. The SMILES string of the molecule is Cc1ccc(F)cc1NC1CCN2CCC1C2. The van der Waals surface area contributed by atoms with Crippen molar-refractivity contribution in [2.24, 2.45) is 5.92 Å². The Morgan fingerprint density at radius 3 is 3.00 bits per heavy atom. The number of anilines is 1. The average Bonchev–Trinajstić information content (AvgIpc) is 2.70. The third kappa shape index (κ3) is 2.16. The van der Waals surface area contributed by atoms with Crippen LogP contribution in [0.5, 0.6) is 0 Å². The zero-order valence-electron chi connectivity index (χ0n) is 10.2. The maximum absolute atomic E-state index is 13.2. The number of piperidine rings is 1. The number of aryl methyl sites for hydroxylation is 1. The molecule has 3 atom stereocenters. The van der Waals surface area contributed by atoms with Crippen molar-refractivity contribution in [1.82, 2.24) is 4.90 Å². The van der Waals surface area contributed by atoms with E-state index in [9.17, 15) is 4.39 Å². The Morgan fingerprint density at radius 1 is 1.29 bits per heavy atom. The number of benzene rings is 1. The second-order valence-corrected chi connectivity index (χ2v) is 5.35. The van der Waals surface area contributed by atoms with Gasteiger partial charge in [0, 0.05) is 24.8 Å². The first-order valence-corrected chi connectivity index (χ1v) is 6.47. The van der Waals surface area contributed by atoms with Crippen LogP contribution in [-0.4, -0.2) is 30.6 Å². The molecule has 3 heteroatoms. The summed E-state index contributed by atoms with van der Waals surface area (Å²) >= 11 is 0. The van der Waals surface area contributed by atoms with E-state index < -0.39 is 0 Å². The minimum atomic E-state index is -0.151. The second-order valence-electron chi connectivity index (χ2n) is 5.35. The molecule has 1 aromatic carbocycles. The van der Waals surface area contributed by atoms with Crippen molar-refractivity contribution in [3.63, 3.8) is 0 Å². The van der Waals surface area contributed by atoms with Gasteiger partial charge in [0.05, 0.1) is 0 Å². The summed E-state index contributed by atoms with van der Waals surface area (Å²) in [6.07, 6.45) is 2.46. The van der Waals surface area contributed by atoms with Crippen LogP contribution in [0, 0.1) is 18.7 Å². The molecule has 1 N–H and O–H groups in total. The molecule has 2 heterocycles. The van der Waals surface area contributed by atoms with Gasteiger partial charge in [-0.15, -0.1) is 0 Å². The van der Waals surface area contributed by atoms with Gasteiger partial charge in [0.25, 0.3) is 0 Å². The topological polar surface area (TPSA) is 15.3 Å². The van der Waals surface area contributed by atoms with Crippen molar-refractivity contribution in [2.45, 2.75) is 25.8 Å². The van der Waals surface area contributed by atoms with E-state index in [0.717, 1.165) is 17.2 Å². The molecule has 2 aliphatic rings. The summed E-state index contributed by atoms with van der Waals surface area (Å²) in [5.41, 5.74) is 2.10. The molecule has 2 saturated heterocycles. The fraction of sp³-hybridized carbons (Fsp3) is 0.571. The summed E-state index contributed by atoms with van der Waals surface area (Å²) in [5.74, 6) is 0.591. The lowest BCUT2D eigenvalue weighted by Gasteiger charge is -2.32. The first-order chi connectivity index (χ1) is 8.22. The number of hydrogen-bond acceptors (Lipinski definition) is 2. The third-order valence-electron chi connectivity index (χ3n) is 4.17. The van der Waals surface area contributed by atoms with Crippen molar-refractivity contribution in [1.29, 1.82) is 0 Å². The van der Waals surface area contributed by atoms with Gasteiger partial charge in [0.2, 0.25) is 0 Å². The van der Waals surface area contributed by atoms with Crippen LogP contribution in [0.25, 0.3) is 0 Å². The van der Waals surface area contributed by atoms with E-state index in [0.29, 0.717) is 6.04 Å². The van der Waals surface area contributed by atoms with Crippen LogP contribution in [0.2, 0.25) is 0 Å². The predicted octanol–water partition coefficient (Wildman–Crippen LogP) is 2.64. The molecule has 3 unspecified atom stereocenters. The highest BCUT2D eigenvalue weighted by Gasteiger charge is 2.34. The van der Waals surface area contributed by atoms with Gasteiger partial charge in [-0.25, -0.2) is 4.39 Å². The first kappa shape index (κ1) is 11.0. The van der Waals surface area contributed by atoms with Gasteiger partial charge in [-0.2, -0.15) is 0 Å². The molecule has 0 radical (unpaired) electrons. The lowest BCUT2D eigenvalue weighted by molar-refractivity contribution is 0.255. The molecule has 3 rings (SSSR count). The largest absolute Gasteiger partial charge is 0.382 e. The van der Waals surface area contributed by atoms with Gasteiger partial charge in [-0.1, -0.05) is 6.07 Å². The van der Waals surface area contributed by atoms with E-state index in [2.05, 4.69) is 10.2 Å². The van der Waals surface area contributed by atoms with E-state index in [1.807, 2.05) is 13.0 Å². The highest BCUT2D eigenvalue weighted by atomic mass is 19.1. The van der Waals surface area contributed by atoms with Crippen LogP contribution < -0.4 is 5.32 Å². The Balaban J connectivity index is 1.75. The number of fused-ring (bicyclic) bond motifs is 2. The highest BCUT2D eigenvalue weighted by Crippen LogP contribution is 2.30. The van der Waals surface area contributed by atoms with Gasteiger partial charge in [0.15, 0.2) is 0 Å². The third-order valence-corrected chi connectivity index (χ3v) is 4.17. The smallest absolute Gasteiger partial charge is 0.125 e. The lowest BCUT2D eigenvalue weighted by Crippen LogP contribution is -2.39. The van der Waals surface area contributed by atoms with E-state index in [-0.39, 0.29) is 5.82 Å². The molecule has 2 bridgehead atoms. The Kier molecular flexibility index (Phi) is 2.79. The summed E-state index contributed by atoms with van der Waals surface area (Å²) in [6, 6.07) is 5.52. The van der Waals surface area contributed by atoms with Crippen molar-refractivity contribution < 1.29 is 4.39 Å². The van der Waals surface area contributed by atoms with Crippen molar-refractivity contribution in [3.05, 3.63) is 29.6 Å². The molecular weight excluding hydrogens is 215 g/mol. The summed E-state index contributed by atoms with van der Waals surface area (Å²) in [6.45, 7) is 5.67. The molecule has 17 heavy (non-hydrogen) atoms. The molecule has 0 amide bonds. The van der Waals surface area contributed by atoms with Crippen molar-refractivity contribution >= 4 is 5.69 Å². The quantitative estimate of drug-likeness (QED) is 0.846. The Bertz CT molecular complexity index is 419. The molecular formula is C14H19FN2. The van der Waals surface area contributed by atoms with Gasteiger partial charge in [-0.3, -0.25) is 0 Å². The number of nitrogens with zero attached hydrogens (tertiary/aromatic N) is 1. The molecule has 2 aliphatic heterocycles. The first-order valence-electron chi connectivity index (χ1n) is 6.47. The lowest BCUT2D eigenvalue weighted by atomic mass is 9.93. The van der Waals surface area contributed by atoms with Crippen molar-refractivity contribution in [3.8, 4) is 0 Å². The Labute approximate surface area is 102 Å². The standard InChI is InChI=1S/C14H19FN2/c1-10-2-3-12(15)8-14(10)16-13-5-7-17-6-4-11(13)9-17/h2-3,8,11,13,16H,4-7,9H2,1H3. The zero-order valence-corrected chi connectivity index (χ0v) is 10.2. The molecule has 1 aromatic rings. The molecule has 2 fully saturated rings. The fourth-order valence-corrected chi connectivity index (χ4v) is 3.09. The fourth-order valence-electron chi connectivity index (χ4n) is 3.09. The van der Waals surface area contributed by atoms with Crippen LogP contribution in [0.4, 0.5) is 10.1 Å². The summed E-state index contributed by atoms with van der Waals surface area (Å²) in [5, 5.41) is 3.55. The molecule has 92 valence electrons. The normalized spacial score (nSPS) is 31.5. The van der Waals surface area contributed by atoms with E-state index >= 15 is 0 Å². The van der Waals surface area contributed by atoms with Crippen LogP contribution >= 0.6 is 0 Å². The maximum Gasteiger partial charge on any atom is 0.125 e. The van der Waals surface area contributed by atoms with E-state index in [4.69, 9.17) is 0 Å². The Morgan fingerprint density at radius 2 is 2.12 bits per heavy atom. The van der Waals surface area contributed by atoms with Crippen LogP contribution in [0.15, 0.2) is 18.2 Å². The van der Waals surface area contributed by atoms with Gasteiger partial charge in [-0.05, 0) is 49.9 Å². The number of halogens is 1. The highest BCUT2D eigenvalue weighted by molar-refractivity contribution is 5.51. The minimum absolute atomic E-state index is 0.151. The average molecular weight is 234 g/mol. The minimum Gasteiger partial charge on any atom is -0.382 e. The summed E-state index contributed by atoms with van der Waals surface area (Å²) in [7, 11) is 0. The van der Waals surface area contributed by atoms with E-state index in [1.165, 1.54) is 38.5 Å². The summed E-state index contributed by atoms with van der Waals surface area (Å²) < 4.78 is 13.2. The van der Waals surface area contributed by atoms with Crippen LogP contribution in [-0.2, 0) is 0 Å². The molecule has 0 aromatic heterocycles. The molecule has 0 aliphatic carbocycles. The molecule has 2 nitrogen and oxygen atoms in total. The number of nitrogens with one attached hydrogen (secondary N) is 1. The van der Waals surface area contributed by atoms with E-state index in [1.54, 1.807) is 6.07 Å². The van der Waals surface area contributed by atoms with Gasteiger partial charge >= 0.3 is 0 Å².